The van der Waals surface area contributed by atoms with Crippen molar-refractivity contribution < 1.29 is 18.0 Å². The van der Waals surface area contributed by atoms with E-state index < -0.39 is 22.1 Å². The van der Waals surface area contributed by atoms with Crippen LogP contribution in [-0.4, -0.2) is 86.8 Å². The summed E-state index contributed by atoms with van der Waals surface area (Å²) in [5, 5.41) is 2.14. The summed E-state index contributed by atoms with van der Waals surface area (Å²) in [5.41, 5.74) is 0. The van der Waals surface area contributed by atoms with E-state index in [2.05, 4.69) is 9.62 Å². The van der Waals surface area contributed by atoms with E-state index in [1.165, 1.54) is 11.0 Å². The van der Waals surface area contributed by atoms with Crippen LogP contribution in [0.15, 0.2) is 41.3 Å². The molecule has 33 heavy (non-hydrogen) atoms. The quantitative estimate of drug-likeness (QED) is 0.688. The van der Waals surface area contributed by atoms with E-state index in [-0.39, 0.29) is 16.7 Å². The van der Waals surface area contributed by atoms with Crippen LogP contribution in [0, 0.1) is 0 Å². The van der Waals surface area contributed by atoms with E-state index in [4.69, 9.17) is 11.6 Å². The standard InChI is InChI=1S/C23H29ClN4O4S/c1-16(22(29)27-10-3-9-26(2)12-13-27)28-11-8-21(23(28)30)25-33(31,32)20-7-5-17-14-19(24)6-4-18(17)15-20/h4-7,14-16,21,25H,3,8-13H2,1-2H3/t16-,21?/m0/s1. The number of likely N-dealkylation sites (N-methyl/N-ethyl adjacent to an activating group) is 1. The minimum absolute atomic E-state index is 0.0846. The van der Waals surface area contributed by atoms with Crippen molar-refractivity contribution in [2.45, 2.75) is 36.7 Å². The fraction of sp³-hybridized carbons (Fsp3) is 0.478. The number of halogens is 1. The average Bonchev–Trinajstić information content (AvgIpc) is 2.99. The molecule has 2 saturated heterocycles. The summed E-state index contributed by atoms with van der Waals surface area (Å²) in [5.74, 6) is -0.450. The van der Waals surface area contributed by atoms with Crippen LogP contribution in [0.3, 0.4) is 0 Å². The summed E-state index contributed by atoms with van der Waals surface area (Å²) < 4.78 is 28.5. The lowest BCUT2D eigenvalue weighted by atomic mass is 10.1. The first-order valence-electron chi connectivity index (χ1n) is 11.2. The molecule has 0 spiro atoms. The lowest BCUT2D eigenvalue weighted by molar-refractivity contribution is -0.143. The summed E-state index contributed by atoms with van der Waals surface area (Å²) in [6.07, 6.45) is 1.21. The minimum atomic E-state index is -3.91. The molecule has 178 valence electrons. The predicted molar refractivity (Wildman–Crippen MR) is 128 cm³/mol. The second kappa shape index (κ2) is 9.58. The van der Waals surface area contributed by atoms with Crippen LogP contribution in [0.1, 0.15) is 19.8 Å². The van der Waals surface area contributed by atoms with Gasteiger partial charge in [0.25, 0.3) is 0 Å². The van der Waals surface area contributed by atoms with Crippen molar-refractivity contribution in [2.24, 2.45) is 0 Å². The fourth-order valence-electron chi connectivity index (χ4n) is 4.48. The van der Waals surface area contributed by atoms with Gasteiger partial charge in [0.1, 0.15) is 12.1 Å². The molecule has 10 heteroatoms. The van der Waals surface area contributed by atoms with Crippen molar-refractivity contribution in [1.82, 2.24) is 19.4 Å². The molecule has 8 nitrogen and oxygen atoms in total. The molecule has 0 aromatic heterocycles. The number of nitrogens with zero attached hydrogens (tertiary/aromatic N) is 3. The Kier molecular flexibility index (Phi) is 6.95. The SMILES string of the molecule is C[C@@H](C(=O)N1CCCN(C)CC1)N1CCC(NS(=O)(=O)c2ccc3cc(Cl)ccc3c2)C1=O. The lowest BCUT2D eigenvalue weighted by Crippen LogP contribution is -2.50. The maximum Gasteiger partial charge on any atom is 0.245 e. The second-order valence-electron chi connectivity index (χ2n) is 8.81. The van der Waals surface area contributed by atoms with Gasteiger partial charge in [0.05, 0.1) is 4.90 Å². The van der Waals surface area contributed by atoms with Crippen molar-refractivity contribution in [2.75, 3.05) is 39.8 Å². The zero-order chi connectivity index (χ0) is 23.8. The van der Waals surface area contributed by atoms with Gasteiger partial charge < -0.3 is 14.7 Å². The molecule has 0 radical (unpaired) electrons. The van der Waals surface area contributed by atoms with E-state index in [1.54, 1.807) is 42.2 Å². The molecule has 2 aliphatic heterocycles. The van der Waals surface area contributed by atoms with Gasteiger partial charge >= 0.3 is 0 Å². The molecule has 4 rings (SSSR count). The van der Waals surface area contributed by atoms with Crippen LogP contribution < -0.4 is 4.72 Å². The number of carbonyl (C=O) groups is 2. The molecule has 2 amide bonds. The van der Waals surface area contributed by atoms with Crippen LogP contribution in [0.25, 0.3) is 10.8 Å². The molecule has 2 aromatic carbocycles. The van der Waals surface area contributed by atoms with Gasteiger partial charge in [-0.2, -0.15) is 4.72 Å². The van der Waals surface area contributed by atoms with E-state index >= 15 is 0 Å². The highest BCUT2D eigenvalue weighted by atomic mass is 35.5. The van der Waals surface area contributed by atoms with Gasteiger partial charge in [-0.05, 0) is 68.4 Å². The maximum absolute atomic E-state index is 13.0. The first-order valence-corrected chi connectivity index (χ1v) is 13.0. The monoisotopic (exact) mass is 492 g/mol. The third-order valence-corrected chi connectivity index (χ3v) is 8.18. The van der Waals surface area contributed by atoms with Crippen molar-refractivity contribution >= 4 is 44.2 Å². The topological polar surface area (TPSA) is 90.0 Å². The molecule has 1 unspecified atom stereocenters. The number of nitrogens with one attached hydrogen (secondary N) is 1. The predicted octanol–water partition coefficient (Wildman–Crippen LogP) is 1.93. The zero-order valence-electron chi connectivity index (χ0n) is 18.8. The summed E-state index contributed by atoms with van der Waals surface area (Å²) in [6, 6.07) is 8.47. The first-order chi connectivity index (χ1) is 15.7. The highest BCUT2D eigenvalue weighted by Crippen LogP contribution is 2.24. The van der Waals surface area contributed by atoms with Gasteiger partial charge in [-0.3, -0.25) is 9.59 Å². The van der Waals surface area contributed by atoms with E-state index in [9.17, 15) is 18.0 Å². The maximum atomic E-state index is 13.0. The van der Waals surface area contributed by atoms with Crippen molar-refractivity contribution in [3.05, 3.63) is 41.4 Å². The van der Waals surface area contributed by atoms with Gasteiger partial charge in [0.2, 0.25) is 21.8 Å². The van der Waals surface area contributed by atoms with Crippen LogP contribution >= 0.6 is 11.6 Å². The Bertz CT molecular complexity index is 1170. The van der Waals surface area contributed by atoms with Crippen LogP contribution in [0.4, 0.5) is 0 Å². The third kappa shape index (κ3) is 5.16. The lowest BCUT2D eigenvalue weighted by Gasteiger charge is -2.30. The Morgan fingerprint density at radius 2 is 1.79 bits per heavy atom. The molecule has 2 aliphatic rings. The van der Waals surface area contributed by atoms with Crippen molar-refractivity contribution in [1.29, 1.82) is 0 Å². The van der Waals surface area contributed by atoms with Crippen LogP contribution in [0.5, 0.6) is 0 Å². The van der Waals surface area contributed by atoms with Crippen LogP contribution in [-0.2, 0) is 19.6 Å². The fourth-order valence-corrected chi connectivity index (χ4v) is 5.92. The molecule has 2 fully saturated rings. The number of sulfonamides is 1. The normalized spacial score (nSPS) is 21.4. The zero-order valence-corrected chi connectivity index (χ0v) is 20.4. The number of carbonyl (C=O) groups excluding carboxylic acids is 2. The number of hydrogen-bond acceptors (Lipinski definition) is 5. The largest absolute Gasteiger partial charge is 0.340 e. The molecule has 1 N–H and O–H groups in total. The number of fused-ring (bicyclic) bond motifs is 1. The highest BCUT2D eigenvalue weighted by Gasteiger charge is 2.40. The van der Waals surface area contributed by atoms with Gasteiger partial charge in [0, 0.05) is 31.2 Å². The number of rotatable bonds is 5. The number of hydrogen-bond donors (Lipinski definition) is 1. The summed E-state index contributed by atoms with van der Waals surface area (Å²) in [7, 11) is -1.88. The van der Waals surface area contributed by atoms with Gasteiger partial charge in [0.15, 0.2) is 0 Å². The van der Waals surface area contributed by atoms with Crippen molar-refractivity contribution in [3.8, 4) is 0 Å². The Balaban J connectivity index is 1.44. The molecular formula is C23H29ClN4O4S. The molecule has 0 saturated carbocycles. The second-order valence-corrected chi connectivity index (χ2v) is 11.0. The molecular weight excluding hydrogens is 464 g/mol. The van der Waals surface area contributed by atoms with E-state index in [0.29, 0.717) is 31.1 Å². The van der Waals surface area contributed by atoms with E-state index in [1.807, 2.05) is 7.05 Å². The summed E-state index contributed by atoms with van der Waals surface area (Å²) in [6.45, 7) is 5.09. The average molecular weight is 493 g/mol. The number of amides is 2. The number of benzene rings is 2. The Morgan fingerprint density at radius 3 is 2.58 bits per heavy atom. The van der Waals surface area contributed by atoms with Gasteiger partial charge in [-0.25, -0.2) is 8.42 Å². The highest BCUT2D eigenvalue weighted by molar-refractivity contribution is 7.89. The molecule has 2 atom stereocenters. The molecule has 0 bridgehead atoms. The number of likely N-dealkylation sites (tertiary alicyclic amines) is 1. The smallest absolute Gasteiger partial charge is 0.245 e. The van der Waals surface area contributed by atoms with Crippen molar-refractivity contribution in [3.63, 3.8) is 0 Å². The minimum Gasteiger partial charge on any atom is -0.340 e. The Hall–Kier alpha value is -2.20. The Morgan fingerprint density at radius 1 is 1.06 bits per heavy atom. The van der Waals surface area contributed by atoms with Gasteiger partial charge in [-0.15, -0.1) is 0 Å². The summed E-state index contributed by atoms with van der Waals surface area (Å²) >= 11 is 6.00. The molecule has 2 aromatic rings. The van der Waals surface area contributed by atoms with Crippen LogP contribution in [0.2, 0.25) is 5.02 Å². The molecule has 2 heterocycles. The van der Waals surface area contributed by atoms with Gasteiger partial charge in [-0.1, -0.05) is 23.7 Å². The first kappa shape index (κ1) is 23.9. The summed E-state index contributed by atoms with van der Waals surface area (Å²) in [4.78, 5) is 31.6. The van der Waals surface area contributed by atoms with E-state index in [0.717, 1.165) is 30.3 Å². The Labute approximate surface area is 199 Å². The third-order valence-electron chi connectivity index (χ3n) is 6.48. The molecule has 0 aliphatic carbocycles.